The highest BCUT2D eigenvalue weighted by molar-refractivity contribution is 8.05. The Labute approximate surface area is 193 Å². The van der Waals surface area contributed by atoms with Crippen molar-refractivity contribution in [3.05, 3.63) is 58.5 Å². The van der Waals surface area contributed by atoms with Crippen molar-refractivity contribution in [1.82, 2.24) is 10.2 Å². The molecule has 4 rings (SSSR count). The molecule has 1 N–H and O–H groups in total. The average molecular weight is 455 g/mol. The number of nitrogens with zero attached hydrogens (tertiary/aromatic N) is 1. The standard InChI is InChI=1S/C25H30N2O4S/c1-29-20-14-19(15-21(30-2)23(20)31-3)16-22-24(28)26-25(32-22)27-11-9-18(10-12-27)13-17-7-5-4-6-8-17/h4-8,14-16,18,25H,9-13H2,1-3H3,(H,26,28)/b22-16-/t25-/m0/s1. The Bertz CT molecular complexity index is 946. The molecule has 1 amide bonds. The lowest BCUT2D eigenvalue weighted by atomic mass is 9.90. The van der Waals surface area contributed by atoms with Crippen molar-refractivity contribution in [3.63, 3.8) is 0 Å². The van der Waals surface area contributed by atoms with Gasteiger partial charge in [0.2, 0.25) is 5.75 Å². The molecule has 0 spiro atoms. The first-order valence-corrected chi connectivity index (χ1v) is 11.8. The van der Waals surface area contributed by atoms with Gasteiger partial charge in [-0.05, 0) is 54.5 Å². The first kappa shape index (κ1) is 22.6. The molecule has 0 aliphatic carbocycles. The highest BCUT2D eigenvalue weighted by Gasteiger charge is 2.34. The molecule has 2 heterocycles. The third kappa shape index (κ3) is 5.05. The molecule has 170 valence electrons. The monoisotopic (exact) mass is 454 g/mol. The van der Waals surface area contributed by atoms with Gasteiger partial charge in [0.15, 0.2) is 11.5 Å². The van der Waals surface area contributed by atoms with Crippen LogP contribution in [0.5, 0.6) is 17.2 Å². The smallest absolute Gasteiger partial charge is 0.259 e. The van der Waals surface area contributed by atoms with Gasteiger partial charge in [-0.1, -0.05) is 42.1 Å². The first-order valence-electron chi connectivity index (χ1n) is 10.9. The van der Waals surface area contributed by atoms with Crippen molar-refractivity contribution >= 4 is 23.7 Å². The SMILES string of the molecule is COc1cc(/C=C2\S[C@H](N3CCC(Cc4ccccc4)CC3)NC2=O)cc(OC)c1OC. The summed E-state index contributed by atoms with van der Waals surface area (Å²) in [6, 6.07) is 14.4. The van der Waals surface area contributed by atoms with E-state index in [1.165, 1.54) is 5.56 Å². The fourth-order valence-electron chi connectivity index (χ4n) is 4.33. The minimum absolute atomic E-state index is 0.0199. The molecule has 0 bridgehead atoms. The number of methoxy groups -OCH3 is 3. The summed E-state index contributed by atoms with van der Waals surface area (Å²) in [5, 5.41) is 3.13. The zero-order valence-corrected chi connectivity index (χ0v) is 19.6. The lowest BCUT2D eigenvalue weighted by Gasteiger charge is -2.35. The number of ether oxygens (including phenoxy) is 3. The molecule has 2 aromatic carbocycles. The van der Waals surface area contributed by atoms with E-state index in [9.17, 15) is 4.79 Å². The largest absolute Gasteiger partial charge is 0.493 e. The number of rotatable bonds is 7. The van der Waals surface area contributed by atoms with Gasteiger partial charge in [-0.15, -0.1) is 0 Å². The number of carbonyl (C=O) groups is 1. The molecular formula is C25H30N2O4S. The van der Waals surface area contributed by atoms with Crippen LogP contribution in [0, 0.1) is 5.92 Å². The fourth-order valence-corrected chi connectivity index (χ4v) is 5.46. The lowest BCUT2D eigenvalue weighted by molar-refractivity contribution is -0.117. The van der Waals surface area contributed by atoms with E-state index in [-0.39, 0.29) is 11.4 Å². The Morgan fingerprint density at radius 1 is 1.03 bits per heavy atom. The third-order valence-corrected chi connectivity index (χ3v) is 7.25. The number of thioether (sulfide) groups is 1. The van der Waals surface area contributed by atoms with E-state index >= 15 is 0 Å². The number of carbonyl (C=O) groups excluding carboxylic acids is 1. The molecule has 2 fully saturated rings. The Kier molecular flexibility index (Phi) is 7.27. The van der Waals surface area contributed by atoms with E-state index in [4.69, 9.17) is 14.2 Å². The van der Waals surface area contributed by atoms with Crippen LogP contribution in [-0.4, -0.2) is 50.7 Å². The zero-order valence-electron chi connectivity index (χ0n) is 18.8. The van der Waals surface area contributed by atoms with Crippen molar-refractivity contribution in [2.45, 2.75) is 24.8 Å². The van der Waals surface area contributed by atoms with E-state index in [1.807, 2.05) is 18.2 Å². The van der Waals surface area contributed by atoms with E-state index in [0.29, 0.717) is 28.1 Å². The fraction of sp³-hybridized carbons (Fsp3) is 0.400. The molecule has 7 heteroatoms. The van der Waals surface area contributed by atoms with Gasteiger partial charge >= 0.3 is 0 Å². The Morgan fingerprint density at radius 2 is 1.69 bits per heavy atom. The van der Waals surface area contributed by atoms with Crippen LogP contribution in [0.2, 0.25) is 0 Å². The van der Waals surface area contributed by atoms with Gasteiger partial charge in [-0.3, -0.25) is 9.69 Å². The highest BCUT2D eigenvalue weighted by atomic mass is 32.2. The molecule has 0 radical (unpaired) electrons. The summed E-state index contributed by atoms with van der Waals surface area (Å²) in [5.41, 5.74) is 2.22. The van der Waals surface area contributed by atoms with E-state index in [0.717, 1.165) is 37.9 Å². The van der Waals surface area contributed by atoms with Crippen LogP contribution in [0.3, 0.4) is 0 Å². The van der Waals surface area contributed by atoms with Crippen LogP contribution in [0.4, 0.5) is 0 Å². The second-order valence-electron chi connectivity index (χ2n) is 8.08. The summed E-state index contributed by atoms with van der Waals surface area (Å²) in [6.07, 6.45) is 5.30. The topological polar surface area (TPSA) is 60.0 Å². The number of hydrogen-bond acceptors (Lipinski definition) is 6. The van der Waals surface area contributed by atoms with Gasteiger partial charge < -0.3 is 19.5 Å². The second kappa shape index (κ2) is 10.3. The predicted molar refractivity (Wildman–Crippen MR) is 128 cm³/mol. The van der Waals surface area contributed by atoms with Gasteiger partial charge in [0.1, 0.15) is 5.50 Å². The Balaban J connectivity index is 1.40. The quantitative estimate of drug-likeness (QED) is 0.634. The van der Waals surface area contributed by atoms with Crippen LogP contribution >= 0.6 is 11.8 Å². The van der Waals surface area contributed by atoms with Crippen molar-refractivity contribution in [3.8, 4) is 17.2 Å². The highest BCUT2D eigenvalue weighted by Crippen LogP contribution is 2.40. The summed E-state index contributed by atoms with van der Waals surface area (Å²) in [4.78, 5) is 15.7. The molecular weight excluding hydrogens is 424 g/mol. The van der Waals surface area contributed by atoms with Crippen LogP contribution in [0.15, 0.2) is 47.4 Å². The molecule has 2 aliphatic heterocycles. The van der Waals surface area contributed by atoms with Gasteiger partial charge in [-0.25, -0.2) is 0 Å². The maximum Gasteiger partial charge on any atom is 0.259 e. The number of benzene rings is 2. The average Bonchev–Trinajstić information content (AvgIpc) is 3.19. The maximum atomic E-state index is 12.7. The van der Waals surface area contributed by atoms with Crippen molar-refractivity contribution in [2.75, 3.05) is 34.4 Å². The maximum absolute atomic E-state index is 12.7. The van der Waals surface area contributed by atoms with Gasteiger partial charge in [0.05, 0.1) is 26.2 Å². The molecule has 2 saturated heterocycles. The lowest BCUT2D eigenvalue weighted by Crippen LogP contribution is -2.45. The third-order valence-electron chi connectivity index (χ3n) is 6.05. The minimum Gasteiger partial charge on any atom is -0.493 e. The normalized spacial score (nSPS) is 20.9. The Morgan fingerprint density at radius 3 is 2.28 bits per heavy atom. The summed E-state index contributed by atoms with van der Waals surface area (Å²) < 4.78 is 16.2. The Hall–Kier alpha value is -2.64. The zero-order chi connectivity index (χ0) is 22.5. The molecule has 6 nitrogen and oxygen atoms in total. The molecule has 2 aliphatic rings. The molecule has 2 aromatic rings. The number of nitrogens with one attached hydrogen (secondary N) is 1. The van der Waals surface area contributed by atoms with E-state index < -0.39 is 0 Å². The van der Waals surface area contributed by atoms with Gasteiger partial charge in [-0.2, -0.15) is 0 Å². The van der Waals surface area contributed by atoms with E-state index in [1.54, 1.807) is 33.1 Å². The van der Waals surface area contributed by atoms with Gasteiger partial charge in [0.25, 0.3) is 5.91 Å². The van der Waals surface area contributed by atoms with Crippen LogP contribution < -0.4 is 19.5 Å². The summed E-state index contributed by atoms with van der Waals surface area (Å²) in [6.45, 7) is 1.99. The molecule has 0 unspecified atom stereocenters. The molecule has 1 atom stereocenters. The van der Waals surface area contributed by atoms with Crippen LogP contribution in [0.1, 0.15) is 24.0 Å². The van der Waals surface area contributed by atoms with Crippen molar-refractivity contribution in [2.24, 2.45) is 5.92 Å². The number of hydrogen-bond donors (Lipinski definition) is 1. The first-order chi connectivity index (χ1) is 15.6. The molecule has 32 heavy (non-hydrogen) atoms. The summed E-state index contributed by atoms with van der Waals surface area (Å²) >= 11 is 1.58. The summed E-state index contributed by atoms with van der Waals surface area (Å²) in [5.74, 6) is 2.33. The molecule has 0 aromatic heterocycles. The number of piperidine rings is 1. The van der Waals surface area contributed by atoms with Crippen LogP contribution in [0.25, 0.3) is 6.08 Å². The molecule has 0 saturated carbocycles. The predicted octanol–water partition coefficient (Wildman–Crippen LogP) is 4.15. The number of likely N-dealkylation sites (tertiary alicyclic amines) is 1. The number of amides is 1. The van der Waals surface area contributed by atoms with Crippen molar-refractivity contribution in [1.29, 1.82) is 0 Å². The second-order valence-corrected chi connectivity index (χ2v) is 9.20. The summed E-state index contributed by atoms with van der Waals surface area (Å²) in [7, 11) is 4.75. The van der Waals surface area contributed by atoms with Gasteiger partial charge in [0, 0.05) is 13.1 Å². The van der Waals surface area contributed by atoms with Crippen LogP contribution in [-0.2, 0) is 11.2 Å². The van der Waals surface area contributed by atoms with Crippen molar-refractivity contribution < 1.29 is 19.0 Å². The van der Waals surface area contributed by atoms with E-state index in [2.05, 4.69) is 40.5 Å². The minimum atomic E-state index is -0.0415.